The minimum atomic E-state index is -1.11. The number of hydrogen-bond donors (Lipinski definition) is 2. The lowest BCUT2D eigenvalue weighted by Gasteiger charge is -2.10. The van der Waals surface area contributed by atoms with Crippen molar-refractivity contribution < 1.29 is 14.6 Å². The van der Waals surface area contributed by atoms with E-state index in [1.54, 1.807) is 7.11 Å². The Labute approximate surface area is 110 Å². The summed E-state index contributed by atoms with van der Waals surface area (Å²) in [5.41, 5.74) is 1.66. The molecule has 0 unspecified atom stereocenters. The van der Waals surface area contributed by atoms with E-state index in [1.165, 1.54) is 12.4 Å². The molecule has 0 spiro atoms. The van der Waals surface area contributed by atoms with Crippen LogP contribution in [-0.4, -0.2) is 28.2 Å². The van der Waals surface area contributed by atoms with E-state index in [1.807, 2.05) is 24.3 Å². The molecule has 6 heteroatoms. The number of aromatic carboxylic acids is 1. The van der Waals surface area contributed by atoms with Gasteiger partial charge in [0.2, 0.25) is 0 Å². The van der Waals surface area contributed by atoms with Gasteiger partial charge < -0.3 is 15.2 Å². The van der Waals surface area contributed by atoms with Crippen LogP contribution in [0.3, 0.4) is 0 Å². The Hall–Kier alpha value is -2.47. The Balaban J connectivity index is 2.26. The lowest BCUT2D eigenvalue weighted by Crippen LogP contribution is -2.05. The lowest BCUT2D eigenvalue weighted by molar-refractivity contribution is 0.0690. The molecular formula is C13H13N3O3. The summed E-state index contributed by atoms with van der Waals surface area (Å²) in [7, 11) is 1.61. The van der Waals surface area contributed by atoms with Crippen molar-refractivity contribution in [2.45, 2.75) is 6.61 Å². The van der Waals surface area contributed by atoms with E-state index in [0.717, 1.165) is 11.3 Å². The van der Waals surface area contributed by atoms with Crippen LogP contribution < -0.4 is 5.32 Å². The zero-order valence-corrected chi connectivity index (χ0v) is 10.3. The maximum absolute atomic E-state index is 10.8. The highest BCUT2D eigenvalue weighted by Gasteiger charge is 2.07. The van der Waals surface area contributed by atoms with Gasteiger partial charge in [0.1, 0.15) is 5.82 Å². The second-order valence-electron chi connectivity index (χ2n) is 3.81. The Kier molecular flexibility index (Phi) is 4.04. The summed E-state index contributed by atoms with van der Waals surface area (Å²) >= 11 is 0. The zero-order chi connectivity index (χ0) is 13.7. The molecule has 0 radical (unpaired) electrons. The first-order valence-electron chi connectivity index (χ1n) is 5.60. The number of ether oxygens (including phenoxy) is 1. The number of nitrogens with one attached hydrogen (secondary N) is 1. The summed E-state index contributed by atoms with van der Waals surface area (Å²) in [6, 6.07) is 7.55. The predicted molar refractivity (Wildman–Crippen MR) is 69.4 cm³/mol. The standard InChI is InChI=1S/C13H13N3O3/c1-19-8-9-4-2-3-5-10(9)15-12-7-14-6-11(16-12)13(17)18/h2-7H,8H2,1H3,(H,15,16)(H,17,18). The van der Waals surface area contributed by atoms with E-state index < -0.39 is 5.97 Å². The van der Waals surface area contributed by atoms with Gasteiger partial charge in [-0.2, -0.15) is 0 Å². The highest BCUT2D eigenvalue weighted by Crippen LogP contribution is 2.19. The van der Waals surface area contributed by atoms with Crippen molar-refractivity contribution in [1.29, 1.82) is 0 Å². The van der Waals surface area contributed by atoms with Crippen molar-refractivity contribution in [3.63, 3.8) is 0 Å². The number of benzene rings is 1. The number of carboxylic acids is 1. The number of carbonyl (C=O) groups is 1. The van der Waals surface area contributed by atoms with Crippen LogP contribution in [0.5, 0.6) is 0 Å². The molecule has 0 aliphatic heterocycles. The molecule has 0 aliphatic rings. The summed E-state index contributed by atoms with van der Waals surface area (Å²) < 4.78 is 5.10. The molecule has 1 heterocycles. The monoisotopic (exact) mass is 259 g/mol. The maximum atomic E-state index is 10.8. The van der Waals surface area contributed by atoms with Gasteiger partial charge in [-0.1, -0.05) is 18.2 Å². The molecular weight excluding hydrogens is 246 g/mol. The van der Waals surface area contributed by atoms with Gasteiger partial charge in [0, 0.05) is 18.4 Å². The van der Waals surface area contributed by atoms with Gasteiger partial charge in [-0.3, -0.25) is 4.98 Å². The van der Waals surface area contributed by atoms with Gasteiger partial charge in [-0.15, -0.1) is 0 Å². The number of aromatic nitrogens is 2. The van der Waals surface area contributed by atoms with Gasteiger partial charge in [-0.05, 0) is 6.07 Å². The summed E-state index contributed by atoms with van der Waals surface area (Å²) in [5.74, 6) is -0.732. The first kappa shape index (κ1) is 13.0. The van der Waals surface area contributed by atoms with Crippen LogP contribution in [0, 0.1) is 0 Å². The zero-order valence-electron chi connectivity index (χ0n) is 10.3. The topological polar surface area (TPSA) is 84.3 Å². The minimum Gasteiger partial charge on any atom is -0.476 e. The molecule has 0 amide bonds. The fraction of sp³-hybridized carbons (Fsp3) is 0.154. The number of anilines is 2. The molecule has 0 aliphatic carbocycles. The van der Waals surface area contributed by atoms with Crippen molar-refractivity contribution in [2.75, 3.05) is 12.4 Å². The normalized spacial score (nSPS) is 10.2. The second-order valence-corrected chi connectivity index (χ2v) is 3.81. The van der Waals surface area contributed by atoms with Crippen LogP contribution in [0.4, 0.5) is 11.5 Å². The molecule has 6 nitrogen and oxygen atoms in total. The van der Waals surface area contributed by atoms with E-state index >= 15 is 0 Å². The van der Waals surface area contributed by atoms with Crippen LogP contribution >= 0.6 is 0 Å². The Morgan fingerprint density at radius 1 is 1.37 bits per heavy atom. The predicted octanol–water partition coefficient (Wildman–Crippen LogP) is 2.06. The average Bonchev–Trinajstić information content (AvgIpc) is 2.41. The van der Waals surface area contributed by atoms with Crippen LogP contribution in [-0.2, 0) is 11.3 Å². The third-order valence-corrected chi connectivity index (χ3v) is 2.43. The molecule has 1 aromatic carbocycles. The first-order chi connectivity index (χ1) is 9.20. The molecule has 0 atom stereocenters. The van der Waals surface area contributed by atoms with Crippen molar-refractivity contribution >= 4 is 17.5 Å². The maximum Gasteiger partial charge on any atom is 0.356 e. The number of nitrogens with zero attached hydrogens (tertiary/aromatic N) is 2. The molecule has 1 aromatic heterocycles. The number of hydrogen-bond acceptors (Lipinski definition) is 5. The highest BCUT2D eigenvalue weighted by atomic mass is 16.5. The number of para-hydroxylation sites is 1. The molecule has 0 saturated carbocycles. The number of rotatable bonds is 5. The van der Waals surface area contributed by atoms with Gasteiger partial charge in [0.25, 0.3) is 0 Å². The summed E-state index contributed by atoms with van der Waals surface area (Å²) in [6.45, 7) is 0.454. The first-order valence-corrected chi connectivity index (χ1v) is 5.60. The van der Waals surface area contributed by atoms with Gasteiger partial charge in [0.15, 0.2) is 5.69 Å². The van der Waals surface area contributed by atoms with Crippen molar-refractivity contribution in [1.82, 2.24) is 9.97 Å². The van der Waals surface area contributed by atoms with Gasteiger partial charge >= 0.3 is 5.97 Å². The third kappa shape index (κ3) is 3.26. The molecule has 2 rings (SSSR count). The highest BCUT2D eigenvalue weighted by molar-refractivity contribution is 5.85. The quantitative estimate of drug-likeness (QED) is 0.855. The van der Waals surface area contributed by atoms with Gasteiger partial charge in [0.05, 0.1) is 19.0 Å². The molecule has 19 heavy (non-hydrogen) atoms. The Morgan fingerprint density at radius 3 is 2.89 bits per heavy atom. The summed E-state index contributed by atoms with van der Waals surface area (Å²) in [6.07, 6.45) is 2.67. The second kappa shape index (κ2) is 5.92. The van der Waals surface area contributed by atoms with Crippen LogP contribution in [0.1, 0.15) is 16.1 Å². The molecule has 2 aromatic rings. The fourth-order valence-electron chi connectivity index (χ4n) is 1.59. The van der Waals surface area contributed by atoms with E-state index in [0.29, 0.717) is 12.4 Å². The lowest BCUT2D eigenvalue weighted by atomic mass is 10.2. The van der Waals surface area contributed by atoms with E-state index in [-0.39, 0.29) is 5.69 Å². The number of carboxylic acid groups (broad SMARTS) is 1. The minimum absolute atomic E-state index is 0.103. The molecule has 0 saturated heterocycles. The molecule has 0 bridgehead atoms. The third-order valence-electron chi connectivity index (χ3n) is 2.43. The Morgan fingerprint density at radius 2 is 2.16 bits per heavy atom. The molecule has 0 fully saturated rings. The van der Waals surface area contributed by atoms with E-state index in [2.05, 4.69) is 15.3 Å². The Bertz CT molecular complexity index is 587. The smallest absolute Gasteiger partial charge is 0.356 e. The van der Waals surface area contributed by atoms with Gasteiger partial charge in [-0.25, -0.2) is 9.78 Å². The van der Waals surface area contributed by atoms with Crippen molar-refractivity contribution in [3.8, 4) is 0 Å². The SMILES string of the molecule is COCc1ccccc1Nc1cncc(C(=O)O)n1. The summed E-state index contributed by atoms with van der Waals surface area (Å²) in [4.78, 5) is 18.6. The largest absolute Gasteiger partial charge is 0.476 e. The van der Waals surface area contributed by atoms with Crippen molar-refractivity contribution in [3.05, 3.63) is 47.9 Å². The van der Waals surface area contributed by atoms with Crippen molar-refractivity contribution in [2.24, 2.45) is 0 Å². The molecule has 98 valence electrons. The van der Waals surface area contributed by atoms with E-state index in [4.69, 9.17) is 9.84 Å². The summed E-state index contributed by atoms with van der Waals surface area (Å²) in [5, 5.41) is 11.9. The van der Waals surface area contributed by atoms with Crippen LogP contribution in [0.15, 0.2) is 36.7 Å². The number of methoxy groups -OCH3 is 1. The van der Waals surface area contributed by atoms with Crippen LogP contribution in [0.25, 0.3) is 0 Å². The fourth-order valence-corrected chi connectivity index (χ4v) is 1.59. The molecule has 2 N–H and O–H groups in total. The van der Waals surface area contributed by atoms with Crippen LogP contribution in [0.2, 0.25) is 0 Å². The van der Waals surface area contributed by atoms with E-state index in [9.17, 15) is 4.79 Å². The average molecular weight is 259 g/mol.